The third-order valence-electron chi connectivity index (χ3n) is 3.14. The maximum absolute atomic E-state index is 14.1. The fourth-order valence-electron chi connectivity index (χ4n) is 2.11. The molecule has 0 saturated heterocycles. The number of rotatable bonds is 7. The van der Waals surface area contributed by atoms with Gasteiger partial charge in [-0.1, -0.05) is 37.3 Å². The third kappa shape index (κ3) is 3.90. The lowest BCUT2D eigenvalue weighted by Crippen LogP contribution is -2.20. The summed E-state index contributed by atoms with van der Waals surface area (Å²) in [7, 11) is 0. The summed E-state index contributed by atoms with van der Waals surface area (Å²) in [5.74, 6) is -2.85. The van der Waals surface area contributed by atoms with Crippen molar-refractivity contribution in [1.29, 1.82) is 0 Å². The van der Waals surface area contributed by atoms with Crippen LogP contribution < -0.4 is 5.32 Å². The molecule has 0 aliphatic heterocycles. The molecule has 0 saturated carbocycles. The molecule has 0 spiro atoms. The van der Waals surface area contributed by atoms with E-state index in [0.717, 1.165) is 25.1 Å². The van der Waals surface area contributed by atoms with E-state index in [0.29, 0.717) is 0 Å². The van der Waals surface area contributed by atoms with Gasteiger partial charge >= 0.3 is 0 Å². The Bertz CT molecular complexity index is 520. The van der Waals surface area contributed by atoms with Crippen molar-refractivity contribution in [1.82, 2.24) is 9.88 Å². The molecule has 4 heteroatoms. The SMILES string of the molecule is CCCNCc1ccn(CC(F)(F)c2ccccc2)c1. The number of halogens is 2. The Labute approximate surface area is 118 Å². The monoisotopic (exact) mass is 278 g/mol. The Morgan fingerprint density at radius 3 is 2.60 bits per heavy atom. The average Bonchev–Trinajstić information content (AvgIpc) is 2.87. The molecule has 2 nitrogen and oxygen atoms in total. The highest BCUT2D eigenvalue weighted by Crippen LogP contribution is 2.29. The molecule has 1 heterocycles. The van der Waals surface area contributed by atoms with Crippen molar-refractivity contribution in [3.8, 4) is 0 Å². The van der Waals surface area contributed by atoms with Crippen molar-refractivity contribution in [3.63, 3.8) is 0 Å². The van der Waals surface area contributed by atoms with Crippen LogP contribution in [0.25, 0.3) is 0 Å². The Morgan fingerprint density at radius 1 is 1.15 bits per heavy atom. The van der Waals surface area contributed by atoms with Crippen molar-refractivity contribution in [2.24, 2.45) is 0 Å². The highest BCUT2D eigenvalue weighted by atomic mass is 19.3. The molecular weight excluding hydrogens is 258 g/mol. The second-order valence-corrected chi connectivity index (χ2v) is 4.94. The van der Waals surface area contributed by atoms with E-state index < -0.39 is 5.92 Å². The molecule has 0 unspecified atom stereocenters. The average molecular weight is 278 g/mol. The first-order valence-corrected chi connectivity index (χ1v) is 6.90. The summed E-state index contributed by atoms with van der Waals surface area (Å²) in [5, 5.41) is 3.26. The van der Waals surface area contributed by atoms with Crippen molar-refractivity contribution in [3.05, 3.63) is 59.9 Å². The smallest absolute Gasteiger partial charge is 0.290 e. The molecule has 0 atom stereocenters. The van der Waals surface area contributed by atoms with Gasteiger partial charge < -0.3 is 9.88 Å². The highest BCUT2D eigenvalue weighted by Gasteiger charge is 2.31. The Hall–Kier alpha value is -1.68. The number of hydrogen-bond donors (Lipinski definition) is 1. The largest absolute Gasteiger partial charge is 0.348 e. The number of benzene rings is 1. The molecule has 0 aliphatic rings. The molecule has 0 radical (unpaired) electrons. The molecule has 1 aromatic heterocycles. The molecule has 2 rings (SSSR count). The van der Waals surface area contributed by atoms with Gasteiger partial charge in [-0.25, -0.2) is 0 Å². The predicted octanol–water partition coefficient (Wildman–Crippen LogP) is 3.78. The summed E-state index contributed by atoms with van der Waals surface area (Å²) in [5.41, 5.74) is 1.08. The van der Waals surface area contributed by atoms with Crippen LogP contribution in [0.3, 0.4) is 0 Å². The van der Waals surface area contributed by atoms with Crippen LogP contribution >= 0.6 is 0 Å². The van der Waals surface area contributed by atoms with Crippen LogP contribution in [0.2, 0.25) is 0 Å². The van der Waals surface area contributed by atoms with E-state index in [2.05, 4.69) is 12.2 Å². The van der Waals surface area contributed by atoms with Gasteiger partial charge in [-0.05, 0) is 24.6 Å². The molecule has 108 valence electrons. The van der Waals surface area contributed by atoms with Crippen LogP contribution in [0.1, 0.15) is 24.5 Å². The quantitative estimate of drug-likeness (QED) is 0.763. The highest BCUT2D eigenvalue weighted by molar-refractivity contribution is 5.20. The van der Waals surface area contributed by atoms with Gasteiger partial charge in [-0.15, -0.1) is 0 Å². The lowest BCUT2D eigenvalue weighted by molar-refractivity contribution is -0.0221. The zero-order valence-corrected chi connectivity index (χ0v) is 11.7. The van der Waals surface area contributed by atoms with Crippen LogP contribution in [0.15, 0.2) is 48.8 Å². The Kier molecular flexibility index (Phi) is 4.90. The lowest BCUT2D eigenvalue weighted by atomic mass is 10.1. The van der Waals surface area contributed by atoms with Gasteiger partial charge in [-0.3, -0.25) is 0 Å². The van der Waals surface area contributed by atoms with Crippen molar-refractivity contribution < 1.29 is 8.78 Å². The minimum Gasteiger partial charge on any atom is -0.348 e. The number of hydrogen-bond acceptors (Lipinski definition) is 1. The molecule has 1 N–H and O–H groups in total. The van der Waals surface area contributed by atoms with Crippen molar-refractivity contribution in [2.75, 3.05) is 6.54 Å². The maximum atomic E-state index is 14.1. The third-order valence-corrected chi connectivity index (χ3v) is 3.14. The zero-order valence-electron chi connectivity index (χ0n) is 11.7. The molecule has 0 aliphatic carbocycles. The van der Waals surface area contributed by atoms with E-state index in [1.54, 1.807) is 35.2 Å². The Balaban J connectivity index is 1.99. The fraction of sp³-hybridized carbons (Fsp3) is 0.375. The van der Waals surface area contributed by atoms with E-state index in [1.807, 2.05) is 6.07 Å². The molecule has 0 bridgehead atoms. The van der Waals surface area contributed by atoms with Crippen molar-refractivity contribution >= 4 is 0 Å². The zero-order chi connectivity index (χ0) is 14.4. The lowest BCUT2D eigenvalue weighted by Gasteiger charge is -2.17. The molecule has 0 amide bonds. The maximum Gasteiger partial charge on any atom is 0.290 e. The summed E-state index contributed by atoms with van der Waals surface area (Å²) < 4.78 is 29.8. The summed E-state index contributed by atoms with van der Waals surface area (Å²) in [4.78, 5) is 0. The molecular formula is C16H20F2N2. The minimum atomic E-state index is -2.85. The standard InChI is InChI=1S/C16H20F2N2/c1-2-9-19-11-14-8-10-20(12-14)13-16(17,18)15-6-4-3-5-7-15/h3-8,10,12,19H,2,9,11,13H2,1H3. The van der Waals surface area contributed by atoms with Gasteiger partial charge in [0.05, 0.1) is 6.54 Å². The van der Waals surface area contributed by atoms with Gasteiger partial charge in [0, 0.05) is 24.5 Å². The first-order chi connectivity index (χ1) is 9.62. The second-order valence-electron chi connectivity index (χ2n) is 4.94. The normalized spacial score (nSPS) is 11.8. The molecule has 1 aromatic carbocycles. The van der Waals surface area contributed by atoms with Crippen LogP contribution in [0, 0.1) is 0 Å². The summed E-state index contributed by atoms with van der Waals surface area (Å²) >= 11 is 0. The molecule has 0 fully saturated rings. The topological polar surface area (TPSA) is 17.0 Å². The first kappa shape index (κ1) is 14.7. The van der Waals surface area contributed by atoms with Gasteiger partial charge in [0.1, 0.15) is 0 Å². The van der Waals surface area contributed by atoms with E-state index in [4.69, 9.17) is 0 Å². The van der Waals surface area contributed by atoms with Crippen molar-refractivity contribution in [2.45, 2.75) is 32.4 Å². The van der Waals surface area contributed by atoms with Gasteiger partial charge in [0.2, 0.25) is 0 Å². The Morgan fingerprint density at radius 2 is 1.90 bits per heavy atom. The summed E-state index contributed by atoms with van der Waals surface area (Å²) in [6.45, 7) is 3.42. The first-order valence-electron chi connectivity index (χ1n) is 6.90. The minimum absolute atomic E-state index is 0.0550. The van der Waals surface area contributed by atoms with Gasteiger partial charge in [0.15, 0.2) is 0 Å². The summed E-state index contributed by atoms with van der Waals surface area (Å²) in [6.07, 6.45) is 4.55. The van der Waals surface area contributed by atoms with Gasteiger partial charge in [-0.2, -0.15) is 8.78 Å². The second kappa shape index (κ2) is 6.66. The number of alkyl halides is 2. The summed E-state index contributed by atoms with van der Waals surface area (Å²) in [6, 6.07) is 9.83. The molecule has 20 heavy (non-hydrogen) atoms. The van der Waals surface area contributed by atoms with Crippen LogP contribution in [0.4, 0.5) is 8.78 Å². The van der Waals surface area contributed by atoms with Crippen LogP contribution in [0.5, 0.6) is 0 Å². The number of nitrogens with one attached hydrogen (secondary N) is 1. The van der Waals surface area contributed by atoms with E-state index in [-0.39, 0.29) is 12.1 Å². The van der Waals surface area contributed by atoms with E-state index in [1.165, 1.54) is 12.1 Å². The van der Waals surface area contributed by atoms with Crippen LogP contribution in [-0.4, -0.2) is 11.1 Å². The predicted molar refractivity (Wildman–Crippen MR) is 76.8 cm³/mol. The fourth-order valence-corrected chi connectivity index (χ4v) is 2.11. The number of nitrogens with zero attached hydrogens (tertiary/aromatic N) is 1. The van der Waals surface area contributed by atoms with Gasteiger partial charge in [0.25, 0.3) is 5.92 Å². The number of aromatic nitrogens is 1. The molecule has 2 aromatic rings. The van der Waals surface area contributed by atoms with E-state index in [9.17, 15) is 8.78 Å². The van der Waals surface area contributed by atoms with E-state index >= 15 is 0 Å². The van der Waals surface area contributed by atoms with Crippen LogP contribution in [-0.2, 0) is 19.0 Å².